The minimum Gasteiger partial charge on any atom is -0.546 e. The fourth-order valence-electron chi connectivity index (χ4n) is 2.12. The molecule has 0 aliphatic heterocycles. The lowest BCUT2D eigenvalue weighted by atomic mass is 10.0. The van der Waals surface area contributed by atoms with Gasteiger partial charge in [-0.1, -0.05) is 23.7 Å². The Hall–Kier alpha value is -2.41. The van der Waals surface area contributed by atoms with E-state index in [0.717, 1.165) is 11.0 Å². The quantitative estimate of drug-likeness (QED) is 0.547. The smallest absolute Gasteiger partial charge is 0.196 e. The number of nitrogens with zero attached hydrogens (tertiary/aromatic N) is 1. The Morgan fingerprint density at radius 2 is 1.62 bits per heavy atom. The molecule has 0 aliphatic rings. The maximum Gasteiger partial charge on any atom is 0.196 e. The number of aliphatic hydroxyl groups is 1. The van der Waals surface area contributed by atoms with Crippen molar-refractivity contribution in [2.45, 2.75) is 19.4 Å². The van der Waals surface area contributed by atoms with Crippen molar-refractivity contribution in [3.8, 4) is 5.75 Å². The molecule has 0 aromatic heterocycles. The zero-order valence-corrected chi connectivity index (χ0v) is 18.2. The number of hydrogen-bond acceptors (Lipinski definition) is 5. The minimum atomic E-state index is -1.55. The SMILES string of the molecule is CC(C)(Oc1ccccc1C(=O)c1ccc(Cl)cc1)C(=O)[O-].C[N+](C)(C)CCO. The second-order valence-corrected chi connectivity index (χ2v) is 8.41. The average molecular weight is 422 g/mol. The zero-order valence-electron chi connectivity index (χ0n) is 17.4. The van der Waals surface area contributed by atoms with Gasteiger partial charge in [-0.05, 0) is 50.2 Å². The number of benzene rings is 2. The number of carbonyl (C=O) groups is 2. The second-order valence-electron chi connectivity index (χ2n) is 7.97. The molecule has 0 fully saturated rings. The summed E-state index contributed by atoms with van der Waals surface area (Å²) in [6.45, 7) is 3.85. The van der Waals surface area contributed by atoms with Gasteiger partial charge >= 0.3 is 0 Å². The molecular formula is C22H28ClNO5. The number of hydrogen-bond donors (Lipinski definition) is 1. The predicted molar refractivity (Wildman–Crippen MR) is 111 cm³/mol. The molecule has 0 saturated carbocycles. The van der Waals surface area contributed by atoms with Crippen molar-refractivity contribution in [2.75, 3.05) is 34.3 Å². The molecule has 0 aliphatic carbocycles. The van der Waals surface area contributed by atoms with Gasteiger partial charge in [0.05, 0.1) is 39.3 Å². The molecule has 0 radical (unpaired) electrons. The van der Waals surface area contributed by atoms with E-state index in [0.29, 0.717) is 10.6 Å². The summed E-state index contributed by atoms with van der Waals surface area (Å²) in [4.78, 5) is 23.6. The molecule has 0 bridgehead atoms. The van der Waals surface area contributed by atoms with E-state index >= 15 is 0 Å². The van der Waals surface area contributed by atoms with E-state index < -0.39 is 11.6 Å². The van der Waals surface area contributed by atoms with Gasteiger partial charge in [0.1, 0.15) is 17.9 Å². The first-order valence-electron chi connectivity index (χ1n) is 9.08. The average Bonchev–Trinajstić information content (AvgIpc) is 2.61. The topological polar surface area (TPSA) is 86.7 Å². The van der Waals surface area contributed by atoms with Gasteiger partial charge in [-0.15, -0.1) is 0 Å². The van der Waals surface area contributed by atoms with Crippen LogP contribution in [0.15, 0.2) is 48.5 Å². The van der Waals surface area contributed by atoms with E-state index in [1.54, 1.807) is 48.5 Å². The number of likely N-dealkylation sites (N-methyl/N-ethyl adjacent to an activating group) is 1. The van der Waals surface area contributed by atoms with Crippen LogP contribution in [0.4, 0.5) is 0 Å². The lowest BCUT2D eigenvalue weighted by Gasteiger charge is -2.28. The van der Waals surface area contributed by atoms with Crippen LogP contribution in [0.2, 0.25) is 5.02 Å². The molecule has 0 unspecified atom stereocenters. The number of carboxylic acids is 1. The van der Waals surface area contributed by atoms with E-state index in [9.17, 15) is 14.7 Å². The molecular weight excluding hydrogens is 394 g/mol. The summed E-state index contributed by atoms with van der Waals surface area (Å²) in [5, 5.41) is 20.0. The third-order valence-corrected chi connectivity index (χ3v) is 4.12. The Morgan fingerprint density at radius 3 is 2.07 bits per heavy atom. The molecule has 6 nitrogen and oxygen atoms in total. The van der Waals surface area contributed by atoms with Gasteiger partial charge in [-0.2, -0.15) is 0 Å². The lowest BCUT2D eigenvalue weighted by molar-refractivity contribution is -0.870. The highest BCUT2D eigenvalue weighted by molar-refractivity contribution is 6.30. The molecule has 2 rings (SSSR count). The van der Waals surface area contributed by atoms with Crippen LogP contribution in [0.3, 0.4) is 0 Å². The molecule has 158 valence electrons. The standard InChI is InChI=1S/C17H15ClO4.C5H14NO/c1-17(2,16(20)21)22-14-6-4-3-5-13(14)15(19)11-7-9-12(18)10-8-11;1-6(2,3)4-5-7/h3-10H,1-2H3,(H,20,21);7H,4-5H2,1-3H3/q;+1/p-1. The third kappa shape index (κ3) is 8.23. The maximum absolute atomic E-state index is 12.5. The molecule has 1 N–H and O–H groups in total. The maximum atomic E-state index is 12.5. The summed E-state index contributed by atoms with van der Waals surface area (Å²) in [5.41, 5.74) is -0.832. The van der Waals surface area contributed by atoms with E-state index in [1.807, 2.05) is 0 Å². The fraction of sp³-hybridized carbons (Fsp3) is 0.364. The van der Waals surface area contributed by atoms with Gasteiger partial charge in [-0.25, -0.2) is 0 Å². The minimum absolute atomic E-state index is 0.191. The Balaban J connectivity index is 0.000000516. The number of aliphatic hydroxyl groups excluding tert-OH is 1. The third-order valence-electron chi connectivity index (χ3n) is 3.87. The number of para-hydroxylation sites is 1. The summed E-state index contributed by atoms with van der Waals surface area (Å²) >= 11 is 5.81. The van der Waals surface area contributed by atoms with Crippen molar-refractivity contribution in [1.82, 2.24) is 0 Å². The van der Waals surface area contributed by atoms with Crippen molar-refractivity contribution in [3.05, 3.63) is 64.7 Å². The molecule has 29 heavy (non-hydrogen) atoms. The predicted octanol–water partition coefficient (Wildman–Crippen LogP) is 2.16. The number of halogens is 1. The second kappa shape index (κ2) is 10.4. The molecule has 0 atom stereocenters. The van der Waals surface area contributed by atoms with Gasteiger partial charge < -0.3 is 24.2 Å². The van der Waals surface area contributed by atoms with Gasteiger partial charge in [0, 0.05) is 10.6 Å². The van der Waals surface area contributed by atoms with Gasteiger partial charge in [0.25, 0.3) is 0 Å². The Bertz CT molecular complexity index is 826. The molecule has 0 amide bonds. The van der Waals surface area contributed by atoms with Gasteiger partial charge in [0.15, 0.2) is 5.78 Å². The van der Waals surface area contributed by atoms with Crippen LogP contribution in [0.25, 0.3) is 0 Å². The zero-order chi connectivity index (χ0) is 22.2. The summed E-state index contributed by atoms with van der Waals surface area (Å²) < 4.78 is 6.30. The monoisotopic (exact) mass is 421 g/mol. The number of aliphatic carboxylic acids is 1. The van der Waals surface area contributed by atoms with Crippen molar-refractivity contribution >= 4 is 23.4 Å². The van der Waals surface area contributed by atoms with Crippen molar-refractivity contribution in [2.24, 2.45) is 0 Å². The number of carbonyl (C=O) groups excluding carboxylic acids is 2. The first-order chi connectivity index (χ1) is 13.4. The molecule has 2 aromatic rings. The highest BCUT2D eigenvalue weighted by Gasteiger charge is 2.24. The van der Waals surface area contributed by atoms with Crippen LogP contribution < -0.4 is 9.84 Å². The number of ketones is 1. The number of rotatable bonds is 7. The van der Waals surface area contributed by atoms with Crippen LogP contribution in [-0.2, 0) is 4.79 Å². The van der Waals surface area contributed by atoms with Crippen molar-refractivity contribution < 1.29 is 29.0 Å². The Morgan fingerprint density at radius 1 is 1.07 bits per heavy atom. The summed E-state index contributed by atoms with van der Waals surface area (Å²) in [6, 6.07) is 12.9. The molecule has 7 heteroatoms. The summed E-state index contributed by atoms with van der Waals surface area (Å²) in [5.74, 6) is -1.45. The summed E-state index contributed by atoms with van der Waals surface area (Å²) in [7, 11) is 6.16. The van der Waals surface area contributed by atoms with Crippen LogP contribution in [0.1, 0.15) is 29.8 Å². The van der Waals surface area contributed by atoms with E-state index in [4.69, 9.17) is 21.4 Å². The highest BCUT2D eigenvalue weighted by atomic mass is 35.5. The van der Waals surface area contributed by atoms with Crippen molar-refractivity contribution in [3.63, 3.8) is 0 Å². The van der Waals surface area contributed by atoms with Crippen LogP contribution >= 0.6 is 11.6 Å². The highest BCUT2D eigenvalue weighted by Crippen LogP contribution is 2.26. The van der Waals surface area contributed by atoms with Gasteiger partial charge in [0.2, 0.25) is 0 Å². The first kappa shape index (κ1) is 24.6. The molecule has 0 saturated heterocycles. The van der Waals surface area contributed by atoms with Crippen molar-refractivity contribution in [1.29, 1.82) is 0 Å². The van der Waals surface area contributed by atoms with Crippen LogP contribution in [0.5, 0.6) is 5.75 Å². The normalized spacial score (nSPS) is 11.3. The largest absolute Gasteiger partial charge is 0.546 e. The summed E-state index contributed by atoms with van der Waals surface area (Å²) in [6.07, 6.45) is 0. The number of ether oxygens (including phenoxy) is 1. The van der Waals surface area contributed by atoms with E-state index in [-0.39, 0.29) is 23.7 Å². The van der Waals surface area contributed by atoms with E-state index in [1.165, 1.54) is 13.8 Å². The molecule has 0 spiro atoms. The van der Waals surface area contributed by atoms with Crippen LogP contribution in [0, 0.1) is 0 Å². The van der Waals surface area contributed by atoms with E-state index in [2.05, 4.69) is 21.1 Å². The molecule has 2 aromatic carbocycles. The van der Waals surface area contributed by atoms with Crippen LogP contribution in [-0.4, -0.2) is 61.2 Å². The Kier molecular flexibility index (Phi) is 8.82. The Labute approximate surface area is 176 Å². The molecule has 0 heterocycles. The fourth-order valence-corrected chi connectivity index (χ4v) is 2.24. The van der Waals surface area contributed by atoms with Gasteiger partial charge in [-0.3, -0.25) is 4.79 Å². The number of quaternary nitrogens is 1. The number of carboxylic acid groups (broad SMARTS) is 1. The first-order valence-corrected chi connectivity index (χ1v) is 9.46. The lowest BCUT2D eigenvalue weighted by Crippen LogP contribution is -2.48.